The minimum absolute atomic E-state index is 0.0247. The molecule has 0 aliphatic rings. The van der Waals surface area contributed by atoms with E-state index in [1.165, 1.54) is 12.1 Å². The van der Waals surface area contributed by atoms with Gasteiger partial charge in [0.25, 0.3) is 5.22 Å². The maximum absolute atomic E-state index is 12.6. The highest BCUT2D eigenvalue weighted by Crippen LogP contribution is 2.30. The molecular weight excluding hydrogens is 341 g/mol. The predicted molar refractivity (Wildman–Crippen MR) is 84.8 cm³/mol. The lowest BCUT2D eigenvalue weighted by atomic mass is 10.2. The van der Waals surface area contributed by atoms with E-state index in [1.807, 2.05) is 12.1 Å². The molecule has 8 heteroatoms. The molecule has 0 unspecified atom stereocenters. The van der Waals surface area contributed by atoms with E-state index in [0.717, 1.165) is 23.9 Å². The zero-order valence-corrected chi connectivity index (χ0v) is 12.9. The molecule has 1 heterocycles. The van der Waals surface area contributed by atoms with Crippen LogP contribution >= 0.6 is 11.8 Å². The molecule has 1 amide bonds. The Labute approximate surface area is 139 Å². The zero-order valence-electron chi connectivity index (χ0n) is 12.1. The lowest BCUT2D eigenvalue weighted by Crippen LogP contribution is -2.15. The molecule has 4 nitrogen and oxygen atoms in total. The van der Waals surface area contributed by atoms with E-state index in [-0.39, 0.29) is 11.4 Å². The van der Waals surface area contributed by atoms with Crippen molar-refractivity contribution in [1.82, 2.24) is 4.98 Å². The number of fused-ring (bicyclic) bond motifs is 1. The molecule has 0 aliphatic heterocycles. The first-order valence-electron chi connectivity index (χ1n) is 6.87. The Morgan fingerprint density at radius 2 is 1.96 bits per heavy atom. The normalized spacial score (nSPS) is 11.6. The van der Waals surface area contributed by atoms with Crippen LogP contribution in [0.25, 0.3) is 11.1 Å². The van der Waals surface area contributed by atoms with Gasteiger partial charge in [0.15, 0.2) is 5.58 Å². The molecule has 0 saturated carbocycles. The number of amides is 1. The van der Waals surface area contributed by atoms with E-state index in [4.69, 9.17) is 4.42 Å². The first-order valence-corrected chi connectivity index (χ1v) is 7.86. The molecule has 124 valence electrons. The monoisotopic (exact) mass is 352 g/mol. The number of para-hydroxylation sites is 2. The third kappa shape index (κ3) is 3.88. The van der Waals surface area contributed by atoms with Crippen LogP contribution in [-0.2, 0) is 11.0 Å². The summed E-state index contributed by atoms with van der Waals surface area (Å²) in [7, 11) is 0. The van der Waals surface area contributed by atoms with Crippen molar-refractivity contribution in [3.8, 4) is 0 Å². The molecule has 3 aromatic rings. The van der Waals surface area contributed by atoms with Crippen LogP contribution < -0.4 is 5.32 Å². The quantitative estimate of drug-likeness (QED) is 0.699. The molecule has 0 spiro atoms. The smallest absolute Gasteiger partial charge is 0.416 e. The maximum Gasteiger partial charge on any atom is 0.416 e. The number of halogens is 3. The molecule has 24 heavy (non-hydrogen) atoms. The van der Waals surface area contributed by atoms with Crippen LogP contribution in [0.2, 0.25) is 0 Å². The Bertz CT molecular complexity index is 844. The fourth-order valence-corrected chi connectivity index (χ4v) is 2.65. The van der Waals surface area contributed by atoms with Gasteiger partial charge in [-0.3, -0.25) is 4.79 Å². The molecule has 0 bridgehead atoms. The lowest BCUT2D eigenvalue weighted by Gasteiger charge is -2.09. The number of hydrogen-bond donors (Lipinski definition) is 1. The molecule has 0 radical (unpaired) electrons. The van der Waals surface area contributed by atoms with Gasteiger partial charge in [0.2, 0.25) is 5.91 Å². The van der Waals surface area contributed by atoms with Crippen LogP contribution in [0.1, 0.15) is 5.56 Å². The highest BCUT2D eigenvalue weighted by Gasteiger charge is 2.30. The third-order valence-electron chi connectivity index (χ3n) is 3.07. The number of anilines is 1. The van der Waals surface area contributed by atoms with Gasteiger partial charge in [0, 0.05) is 5.69 Å². The largest absolute Gasteiger partial charge is 0.431 e. The van der Waals surface area contributed by atoms with Crippen molar-refractivity contribution in [2.75, 3.05) is 11.1 Å². The molecule has 0 fully saturated rings. The summed E-state index contributed by atoms with van der Waals surface area (Å²) in [6.07, 6.45) is -4.45. The van der Waals surface area contributed by atoms with Gasteiger partial charge in [0.05, 0.1) is 11.3 Å². The Morgan fingerprint density at radius 1 is 1.17 bits per heavy atom. The zero-order chi connectivity index (χ0) is 17.2. The Morgan fingerprint density at radius 3 is 2.71 bits per heavy atom. The number of hydrogen-bond acceptors (Lipinski definition) is 4. The molecule has 3 rings (SSSR count). The first-order chi connectivity index (χ1) is 11.4. The van der Waals surface area contributed by atoms with Gasteiger partial charge < -0.3 is 9.73 Å². The summed E-state index contributed by atoms with van der Waals surface area (Å²) in [6.45, 7) is 0. The van der Waals surface area contributed by atoms with Crippen molar-refractivity contribution in [1.29, 1.82) is 0 Å². The average Bonchev–Trinajstić information content (AvgIpc) is 2.95. The molecule has 0 saturated heterocycles. The van der Waals surface area contributed by atoms with Crippen molar-refractivity contribution in [2.45, 2.75) is 11.4 Å². The highest BCUT2D eigenvalue weighted by atomic mass is 32.2. The predicted octanol–water partition coefficient (Wildman–Crippen LogP) is 4.58. The van der Waals surface area contributed by atoms with Crippen molar-refractivity contribution >= 4 is 34.5 Å². The van der Waals surface area contributed by atoms with E-state index >= 15 is 0 Å². The van der Waals surface area contributed by atoms with Gasteiger partial charge >= 0.3 is 6.18 Å². The average molecular weight is 352 g/mol. The van der Waals surface area contributed by atoms with Gasteiger partial charge in [0.1, 0.15) is 5.52 Å². The number of aromatic nitrogens is 1. The third-order valence-corrected chi connectivity index (χ3v) is 3.90. The van der Waals surface area contributed by atoms with Crippen LogP contribution in [-0.4, -0.2) is 16.6 Å². The second kappa shape index (κ2) is 6.56. The van der Waals surface area contributed by atoms with Crippen LogP contribution in [0.4, 0.5) is 18.9 Å². The number of nitrogens with zero attached hydrogens (tertiary/aromatic N) is 1. The Balaban J connectivity index is 1.61. The minimum Gasteiger partial charge on any atom is -0.431 e. The van der Waals surface area contributed by atoms with Gasteiger partial charge in [-0.1, -0.05) is 30.0 Å². The topological polar surface area (TPSA) is 55.1 Å². The van der Waals surface area contributed by atoms with E-state index in [9.17, 15) is 18.0 Å². The number of nitrogens with one attached hydrogen (secondary N) is 1. The van der Waals surface area contributed by atoms with E-state index in [0.29, 0.717) is 16.3 Å². The lowest BCUT2D eigenvalue weighted by molar-refractivity contribution is -0.137. The Hall–Kier alpha value is -2.48. The summed E-state index contributed by atoms with van der Waals surface area (Å²) in [5.41, 5.74) is 0.566. The van der Waals surface area contributed by atoms with Crippen molar-refractivity contribution in [2.24, 2.45) is 0 Å². The molecule has 1 aromatic heterocycles. The van der Waals surface area contributed by atoms with Crippen LogP contribution in [0.15, 0.2) is 58.2 Å². The fourth-order valence-electron chi connectivity index (χ4n) is 2.01. The first kappa shape index (κ1) is 16.4. The summed E-state index contributed by atoms with van der Waals surface area (Å²) >= 11 is 1.07. The van der Waals surface area contributed by atoms with E-state index in [1.54, 1.807) is 12.1 Å². The molecule has 1 N–H and O–H groups in total. The number of carbonyl (C=O) groups excluding carboxylic acids is 1. The standard InChI is InChI=1S/C16H11F3N2O2S/c17-16(18,19)10-4-3-5-11(8-10)20-14(22)9-24-15-21-12-6-1-2-7-13(12)23-15/h1-8H,9H2,(H,20,22). The van der Waals surface area contributed by atoms with Crippen molar-refractivity contribution < 1.29 is 22.4 Å². The highest BCUT2D eigenvalue weighted by molar-refractivity contribution is 7.99. The van der Waals surface area contributed by atoms with Crippen LogP contribution in [0.3, 0.4) is 0 Å². The van der Waals surface area contributed by atoms with E-state index in [2.05, 4.69) is 10.3 Å². The number of alkyl halides is 3. The molecule has 2 aromatic carbocycles. The SMILES string of the molecule is O=C(CSc1nc2ccccc2o1)Nc1cccc(C(F)(F)F)c1. The Kier molecular flexibility index (Phi) is 4.48. The number of thioether (sulfide) groups is 1. The van der Waals surface area contributed by atoms with Crippen LogP contribution in [0, 0.1) is 0 Å². The summed E-state index contributed by atoms with van der Waals surface area (Å²) in [6, 6.07) is 11.6. The minimum atomic E-state index is -4.45. The summed E-state index contributed by atoms with van der Waals surface area (Å²) in [5.74, 6) is -0.468. The maximum atomic E-state index is 12.6. The van der Waals surface area contributed by atoms with Gasteiger partial charge in [-0.25, -0.2) is 4.98 Å². The number of carbonyl (C=O) groups is 1. The van der Waals surface area contributed by atoms with Crippen molar-refractivity contribution in [3.05, 3.63) is 54.1 Å². The number of benzene rings is 2. The second-order valence-electron chi connectivity index (χ2n) is 4.86. The number of oxazole rings is 1. The van der Waals surface area contributed by atoms with E-state index < -0.39 is 17.6 Å². The summed E-state index contributed by atoms with van der Waals surface area (Å²) in [4.78, 5) is 16.1. The molecule has 0 atom stereocenters. The fraction of sp³-hybridized carbons (Fsp3) is 0.125. The molecule has 0 aliphatic carbocycles. The summed E-state index contributed by atoms with van der Waals surface area (Å²) < 4.78 is 43.4. The van der Waals surface area contributed by atoms with Crippen LogP contribution in [0.5, 0.6) is 0 Å². The summed E-state index contributed by atoms with van der Waals surface area (Å²) in [5, 5.41) is 2.76. The van der Waals surface area contributed by atoms with Gasteiger partial charge in [-0.15, -0.1) is 0 Å². The van der Waals surface area contributed by atoms with Crippen molar-refractivity contribution in [3.63, 3.8) is 0 Å². The van der Waals surface area contributed by atoms with Gasteiger partial charge in [-0.2, -0.15) is 13.2 Å². The number of rotatable bonds is 4. The second-order valence-corrected chi connectivity index (χ2v) is 5.79. The van der Waals surface area contributed by atoms with Gasteiger partial charge in [-0.05, 0) is 30.3 Å². The molecular formula is C16H11F3N2O2S.